The van der Waals surface area contributed by atoms with Crippen molar-refractivity contribution in [1.82, 2.24) is 15.0 Å². The van der Waals surface area contributed by atoms with Gasteiger partial charge in [0.25, 0.3) is 5.89 Å². The molecule has 1 fully saturated rings. The molecule has 112 valence electrons. The van der Waals surface area contributed by atoms with E-state index in [1.807, 2.05) is 23.9 Å². The maximum absolute atomic E-state index is 6.09. The first-order chi connectivity index (χ1) is 10.1. The van der Waals surface area contributed by atoms with Crippen LogP contribution in [-0.4, -0.2) is 40.1 Å². The summed E-state index contributed by atoms with van der Waals surface area (Å²) >= 11 is 8.79. The molecule has 1 saturated heterocycles. The van der Waals surface area contributed by atoms with Gasteiger partial charge in [-0.2, -0.15) is 16.7 Å². The number of hydrogen-bond donors (Lipinski definition) is 1. The van der Waals surface area contributed by atoms with Crippen molar-refractivity contribution in [3.63, 3.8) is 0 Å². The summed E-state index contributed by atoms with van der Waals surface area (Å²) in [7, 11) is 2.09. The van der Waals surface area contributed by atoms with Crippen molar-refractivity contribution in [3.8, 4) is 11.5 Å². The quantitative estimate of drug-likeness (QED) is 0.730. The Balaban J connectivity index is 1.95. The molecule has 1 aromatic carbocycles. The lowest BCUT2D eigenvalue weighted by molar-refractivity contribution is 0.257. The zero-order valence-corrected chi connectivity index (χ0v) is 15.3. The third kappa shape index (κ3) is 3.13. The van der Waals surface area contributed by atoms with E-state index in [0.717, 1.165) is 38.4 Å². The van der Waals surface area contributed by atoms with Crippen LogP contribution >= 0.6 is 43.6 Å². The number of halogens is 2. The van der Waals surface area contributed by atoms with Gasteiger partial charge < -0.3 is 10.3 Å². The fourth-order valence-corrected chi connectivity index (χ4v) is 4.64. The molecule has 3 rings (SSSR count). The van der Waals surface area contributed by atoms with Crippen molar-refractivity contribution < 1.29 is 4.52 Å². The lowest BCUT2D eigenvalue weighted by Gasteiger charge is -2.29. The van der Waals surface area contributed by atoms with Gasteiger partial charge in [0.05, 0.1) is 17.3 Å². The second-order valence-corrected chi connectivity index (χ2v) is 7.80. The molecular formula is C13H14Br2N4OS. The minimum atomic E-state index is 0.193. The van der Waals surface area contributed by atoms with Crippen molar-refractivity contribution in [2.45, 2.75) is 6.04 Å². The molecule has 1 atom stereocenters. The van der Waals surface area contributed by atoms with E-state index in [1.54, 1.807) is 0 Å². The predicted octanol–water partition coefficient (Wildman–Crippen LogP) is 3.56. The Hall–Kier alpha value is -0.570. The van der Waals surface area contributed by atoms with E-state index in [1.165, 1.54) is 0 Å². The van der Waals surface area contributed by atoms with E-state index in [9.17, 15) is 0 Å². The van der Waals surface area contributed by atoms with Crippen molar-refractivity contribution in [1.29, 1.82) is 0 Å². The number of nitrogens with two attached hydrogens (primary N) is 1. The third-order valence-corrected chi connectivity index (χ3v) is 5.60. The highest BCUT2D eigenvalue weighted by Gasteiger charge is 2.26. The number of thioether (sulfide) groups is 1. The Morgan fingerprint density at radius 1 is 1.43 bits per heavy atom. The Morgan fingerprint density at radius 2 is 2.24 bits per heavy atom. The van der Waals surface area contributed by atoms with E-state index < -0.39 is 0 Å². The van der Waals surface area contributed by atoms with Gasteiger partial charge >= 0.3 is 0 Å². The van der Waals surface area contributed by atoms with Crippen molar-refractivity contribution in [2.75, 3.05) is 30.8 Å². The summed E-state index contributed by atoms with van der Waals surface area (Å²) in [6.45, 7) is 1.03. The molecule has 1 aliphatic rings. The highest BCUT2D eigenvalue weighted by molar-refractivity contribution is 9.11. The van der Waals surface area contributed by atoms with Crippen LogP contribution in [0.3, 0.4) is 0 Å². The molecule has 0 amide bonds. The number of rotatable bonds is 2. The molecule has 5 nitrogen and oxygen atoms in total. The zero-order valence-electron chi connectivity index (χ0n) is 11.3. The standard InChI is InChI=1S/C13H14Br2N4OS/c1-19-2-3-21-6-10(19)12-17-13(20-18-12)8-4-7(14)5-9(15)11(8)16/h4-5,10H,2-3,6,16H2,1H3. The predicted molar refractivity (Wildman–Crippen MR) is 92.2 cm³/mol. The number of aromatic nitrogens is 2. The second kappa shape index (κ2) is 6.28. The Morgan fingerprint density at radius 3 is 3.00 bits per heavy atom. The summed E-state index contributed by atoms with van der Waals surface area (Å²) < 4.78 is 7.13. The topological polar surface area (TPSA) is 68.2 Å². The SMILES string of the molecule is CN1CCSCC1c1noc(-c2cc(Br)cc(Br)c2N)n1. The first kappa shape index (κ1) is 15.3. The van der Waals surface area contributed by atoms with Crippen molar-refractivity contribution in [2.24, 2.45) is 0 Å². The molecule has 0 radical (unpaired) electrons. The van der Waals surface area contributed by atoms with Crippen LogP contribution in [0.2, 0.25) is 0 Å². The summed E-state index contributed by atoms with van der Waals surface area (Å²) in [4.78, 5) is 6.80. The molecular weight excluding hydrogens is 420 g/mol. The highest BCUT2D eigenvalue weighted by Crippen LogP contribution is 2.35. The highest BCUT2D eigenvalue weighted by atomic mass is 79.9. The Kier molecular flexibility index (Phi) is 4.58. The lowest BCUT2D eigenvalue weighted by atomic mass is 10.2. The van der Waals surface area contributed by atoms with Crippen LogP contribution in [0.25, 0.3) is 11.5 Å². The van der Waals surface area contributed by atoms with Crippen molar-refractivity contribution >= 4 is 49.3 Å². The minimum absolute atomic E-state index is 0.193. The molecule has 0 bridgehead atoms. The minimum Gasteiger partial charge on any atom is -0.397 e. The molecule has 21 heavy (non-hydrogen) atoms. The summed E-state index contributed by atoms with van der Waals surface area (Å²) in [5.41, 5.74) is 7.42. The van der Waals surface area contributed by atoms with E-state index >= 15 is 0 Å². The summed E-state index contributed by atoms with van der Waals surface area (Å²) in [5.74, 6) is 3.29. The van der Waals surface area contributed by atoms with Gasteiger partial charge in [-0.05, 0) is 35.1 Å². The van der Waals surface area contributed by atoms with Gasteiger partial charge in [-0.3, -0.25) is 4.90 Å². The maximum Gasteiger partial charge on any atom is 0.260 e. The van der Waals surface area contributed by atoms with Gasteiger partial charge in [0, 0.05) is 27.0 Å². The molecule has 8 heteroatoms. The third-order valence-electron chi connectivity index (χ3n) is 3.46. The van der Waals surface area contributed by atoms with E-state index in [0.29, 0.717) is 11.6 Å². The summed E-state index contributed by atoms with van der Waals surface area (Å²) in [6, 6.07) is 3.97. The molecule has 2 N–H and O–H groups in total. The molecule has 2 aromatic rings. The molecule has 1 unspecified atom stereocenters. The normalized spacial score (nSPS) is 19.9. The number of benzene rings is 1. The van der Waals surface area contributed by atoms with Crippen LogP contribution in [0.5, 0.6) is 0 Å². The largest absolute Gasteiger partial charge is 0.397 e. The fourth-order valence-electron chi connectivity index (χ4n) is 2.20. The fraction of sp³-hybridized carbons (Fsp3) is 0.385. The van der Waals surface area contributed by atoms with E-state index in [4.69, 9.17) is 10.3 Å². The molecule has 0 saturated carbocycles. The van der Waals surface area contributed by atoms with Crippen LogP contribution in [-0.2, 0) is 0 Å². The van der Waals surface area contributed by atoms with Crippen LogP contribution in [0.1, 0.15) is 11.9 Å². The monoisotopic (exact) mass is 432 g/mol. The molecule has 0 spiro atoms. The van der Waals surface area contributed by atoms with Crippen molar-refractivity contribution in [3.05, 3.63) is 26.9 Å². The number of hydrogen-bond acceptors (Lipinski definition) is 6. The number of nitrogens with zero attached hydrogens (tertiary/aromatic N) is 3. The Labute approximate surface area is 143 Å². The number of anilines is 1. The van der Waals surface area contributed by atoms with Crippen LogP contribution in [0, 0.1) is 0 Å². The van der Waals surface area contributed by atoms with Gasteiger partial charge in [-0.1, -0.05) is 21.1 Å². The average Bonchev–Trinajstić information content (AvgIpc) is 2.92. The maximum atomic E-state index is 6.09. The molecule has 1 aromatic heterocycles. The summed E-state index contributed by atoms with van der Waals surface area (Å²) in [5, 5.41) is 4.14. The first-order valence-corrected chi connectivity index (χ1v) is 9.17. The Bertz CT molecular complexity index is 664. The van der Waals surface area contributed by atoms with Gasteiger partial charge in [-0.25, -0.2) is 0 Å². The van der Waals surface area contributed by atoms with Gasteiger partial charge in [0.1, 0.15) is 0 Å². The van der Waals surface area contributed by atoms with E-state index in [-0.39, 0.29) is 6.04 Å². The first-order valence-electron chi connectivity index (χ1n) is 6.42. The number of nitrogen functional groups attached to an aromatic ring is 1. The van der Waals surface area contributed by atoms with Crippen LogP contribution in [0.15, 0.2) is 25.6 Å². The summed E-state index contributed by atoms with van der Waals surface area (Å²) in [6.07, 6.45) is 0. The van der Waals surface area contributed by atoms with E-state index in [2.05, 4.69) is 53.9 Å². The molecule has 1 aliphatic heterocycles. The molecule has 0 aliphatic carbocycles. The van der Waals surface area contributed by atoms with Crippen LogP contribution in [0.4, 0.5) is 5.69 Å². The second-order valence-electron chi connectivity index (χ2n) is 4.88. The average molecular weight is 434 g/mol. The van der Waals surface area contributed by atoms with Gasteiger partial charge in [0.2, 0.25) is 0 Å². The zero-order chi connectivity index (χ0) is 15.0. The van der Waals surface area contributed by atoms with Gasteiger partial charge in [0.15, 0.2) is 5.82 Å². The van der Waals surface area contributed by atoms with Crippen LogP contribution < -0.4 is 5.73 Å². The lowest BCUT2D eigenvalue weighted by Crippen LogP contribution is -2.33. The van der Waals surface area contributed by atoms with Gasteiger partial charge in [-0.15, -0.1) is 0 Å². The smallest absolute Gasteiger partial charge is 0.260 e. The molecule has 2 heterocycles.